The third-order valence-corrected chi connectivity index (χ3v) is 4.70. The Bertz CT molecular complexity index is 818. The molecule has 0 aliphatic carbocycles. The molecule has 1 saturated heterocycles. The number of amides is 2. The molecule has 5 N–H and O–H groups in total. The number of hydrogen-bond acceptors (Lipinski definition) is 6. The van der Waals surface area contributed by atoms with Crippen LogP contribution in [0.25, 0.3) is 10.9 Å². The van der Waals surface area contributed by atoms with Crippen LogP contribution in [0.5, 0.6) is 5.75 Å². The molecule has 1 aromatic heterocycles. The molecule has 1 aromatic carbocycles. The highest BCUT2D eigenvalue weighted by molar-refractivity contribution is 5.91. The molecule has 0 bridgehead atoms. The molecular weight excluding hydrogens is 334 g/mol. The summed E-state index contributed by atoms with van der Waals surface area (Å²) in [6, 6.07) is 6.24. The molecule has 1 aliphatic heterocycles. The first kappa shape index (κ1) is 18.1. The van der Waals surface area contributed by atoms with Crippen LogP contribution >= 0.6 is 0 Å². The molecule has 0 radical (unpaired) electrons. The summed E-state index contributed by atoms with van der Waals surface area (Å²) in [5.41, 5.74) is 12.4. The number of aromatic hydroxyl groups is 1. The summed E-state index contributed by atoms with van der Waals surface area (Å²) in [6.07, 6.45) is 1.83. The molecule has 8 heteroatoms. The number of pyridine rings is 1. The fraction of sp³-hybridized carbons (Fsp3) is 0.389. The molecular formula is C18H23N5O3. The second-order valence-corrected chi connectivity index (χ2v) is 6.37. The molecule has 2 aromatic rings. The maximum Gasteiger partial charge on any atom is 0.240 e. The summed E-state index contributed by atoms with van der Waals surface area (Å²) in [7, 11) is 0. The Labute approximate surface area is 151 Å². The van der Waals surface area contributed by atoms with Crippen LogP contribution in [0.1, 0.15) is 5.56 Å². The van der Waals surface area contributed by atoms with E-state index in [2.05, 4.69) is 4.98 Å². The van der Waals surface area contributed by atoms with Crippen molar-refractivity contribution < 1.29 is 14.7 Å². The molecule has 2 heterocycles. The Morgan fingerprint density at radius 2 is 1.85 bits per heavy atom. The Morgan fingerprint density at radius 3 is 2.54 bits per heavy atom. The molecule has 1 aliphatic rings. The molecule has 26 heavy (non-hydrogen) atoms. The SMILES string of the molecule is NC[C@@H](N)C(=O)N1CCN(C(=O)Cc2ccc(O)c3ncccc23)CC1. The van der Waals surface area contributed by atoms with Gasteiger partial charge in [-0.2, -0.15) is 0 Å². The lowest BCUT2D eigenvalue weighted by Crippen LogP contribution is -2.55. The normalized spacial score (nSPS) is 15.9. The van der Waals surface area contributed by atoms with E-state index >= 15 is 0 Å². The smallest absolute Gasteiger partial charge is 0.240 e. The summed E-state index contributed by atoms with van der Waals surface area (Å²) in [5, 5.41) is 10.7. The van der Waals surface area contributed by atoms with Crippen molar-refractivity contribution >= 4 is 22.7 Å². The average molecular weight is 357 g/mol. The number of carbonyl (C=O) groups excluding carboxylic acids is 2. The van der Waals surface area contributed by atoms with E-state index in [1.165, 1.54) is 0 Å². The lowest BCUT2D eigenvalue weighted by molar-refractivity contribution is -0.139. The van der Waals surface area contributed by atoms with Gasteiger partial charge in [-0.15, -0.1) is 0 Å². The van der Waals surface area contributed by atoms with Crippen molar-refractivity contribution in [3.05, 3.63) is 36.0 Å². The number of phenolic OH excluding ortho intramolecular Hbond substituents is 1. The van der Waals surface area contributed by atoms with Crippen LogP contribution in [0.2, 0.25) is 0 Å². The number of nitrogens with two attached hydrogens (primary N) is 2. The Balaban J connectivity index is 1.65. The van der Waals surface area contributed by atoms with Gasteiger partial charge in [-0.25, -0.2) is 0 Å². The lowest BCUT2D eigenvalue weighted by atomic mass is 10.0. The predicted octanol–water partition coefficient (Wildman–Crippen LogP) is -0.560. The minimum absolute atomic E-state index is 0.0175. The van der Waals surface area contributed by atoms with E-state index in [4.69, 9.17) is 11.5 Å². The lowest BCUT2D eigenvalue weighted by Gasteiger charge is -2.35. The number of hydrogen-bond donors (Lipinski definition) is 3. The summed E-state index contributed by atoms with van der Waals surface area (Å²) < 4.78 is 0. The van der Waals surface area contributed by atoms with Crippen molar-refractivity contribution in [2.75, 3.05) is 32.7 Å². The Kier molecular flexibility index (Phi) is 5.34. The number of aromatic nitrogens is 1. The predicted molar refractivity (Wildman–Crippen MR) is 97.3 cm³/mol. The molecule has 0 saturated carbocycles. The number of nitrogens with zero attached hydrogens (tertiary/aromatic N) is 3. The first-order valence-electron chi connectivity index (χ1n) is 8.59. The summed E-state index contributed by atoms with van der Waals surface area (Å²) in [5.74, 6) is -0.0913. The van der Waals surface area contributed by atoms with Gasteiger partial charge in [-0.3, -0.25) is 14.6 Å². The zero-order valence-corrected chi connectivity index (χ0v) is 14.5. The van der Waals surface area contributed by atoms with Crippen LogP contribution in [0.15, 0.2) is 30.5 Å². The van der Waals surface area contributed by atoms with E-state index in [9.17, 15) is 14.7 Å². The van der Waals surface area contributed by atoms with Crippen molar-refractivity contribution in [1.29, 1.82) is 0 Å². The van der Waals surface area contributed by atoms with Crippen molar-refractivity contribution in [3.63, 3.8) is 0 Å². The topological polar surface area (TPSA) is 126 Å². The first-order chi connectivity index (χ1) is 12.5. The minimum atomic E-state index is -0.687. The number of benzene rings is 1. The minimum Gasteiger partial charge on any atom is -0.506 e. The van der Waals surface area contributed by atoms with Gasteiger partial charge in [0.25, 0.3) is 0 Å². The third-order valence-electron chi connectivity index (χ3n) is 4.70. The zero-order chi connectivity index (χ0) is 18.7. The van der Waals surface area contributed by atoms with Gasteiger partial charge < -0.3 is 26.4 Å². The number of rotatable bonds is 4. The van der Waals surface area contributed by atoms with Crippen molar-refractivity contribution in [1.82, 2.24) is 14.8 Å². The number of carbonyl (C=O) groups is 2. The first-order valence-corrected chi connectivity index (χ1v) is 8.59. The number of phenols is 1. The van der Waals surface area contributed by atoms with Gasteiger partial charge in [0.2, 0.25) is 11.8 Å². The fourth-order valence-corrected chi connectivity index (χ4v) is 3.16. The average Bonchev–Trinajstić information content (AvgIpc) is 2.69. The van der Waals surface area contributed by atoms with Crippen LogP contribution in [0, 0.1) is 0 Å². The highest BCUT2D eigenvalue weighted by atomic mass is 16.3. The summed E-state index contributed by atoms with van der Waals surface area (Å²) in [4.78, 5) is 32.3. The quantitative estimate of drug-likeness (QED) is 0.673. The molecule has 0 spiro atoms. The van der Waals surface area contributed by atoms with E-state index in [1.807, 2.05) is 6.07 Å². The highest BCUT2D eigenvalue weighted by Crippen LogP contribution is 2.26. The van der Waals surface area contributed by atoms with E-state index in [1.54, 1.807) is 34.2 Å². The monoisotopic (exact) mass is 357 g/mol. The molecule has 3 rings (SSSR count). The third kappa shape index (κ3) is 3.61. The van der Waals surface area contributed by atoms with Gasteiger partial charge >= 0.3 is 0 Å². The molecule has 138 valence electrons. The van der Waals surface area contributed by atoms with Crippen LogP contribution < -0.4 is 11.5 Å². The van der Waals surface area contributed by atoms with Crippen LogP contribution in [-0.4, -0.2) is 70.5 Å². The molecule has 2 amide bonds. The van der Waals surface area contributed by atoms with Crippen LogP contribution in [0.4, 0.5) is 0 Å². The standard InChI is InChI=1S/C18H23N5O3/c19-11-14(20)18(26)23-8-6-22(7-9-23)16(25)10-12-3-4-15(24)17-13(12)2-1-5-21-17/h1-5,14,24H,6-11,19-20H2/t14-/m1/s1. The summed E-state index contributed by atoms with van der Waals surface area (Å²) >= 11 is 0. The van der Waals surface area contributed by atoms with Crippen molar-refractivity contribution in [2.24, 2.45) is 11.5 Å². The van der Waals surface area contributed by atoms with Crippen LogP contribution in [0.3, 0.4) is 0 Å². The highest BCUT2D eigenvalue weighted by Gasteiger charge is 2.26. The molecule has 8 nitrogen and oxygen atoms in total. The molecule has 1 fully saturated rings. The Hall–Kier alpha value is -2.71. The molecule has 0 unspecified atom stereocenters. The van der Waals surface area contributed by atoms with Gasteiger partial charge in [-0.1, -0.05) is 12.1 Å². The maximum atomic E-state index is 12.7. The van der Waals surface area contributed by atoms with Gasteiger partial charge in [0.1, 0.15) is 11.3 Å². The van der Waals surface area contributed by atoms with E-state index in [0.717, 1.165) is 10.9 Å². The fourth-order valence-electron chi connectivity index (χ4n) is 3.16. The number of piperazine rings is 1. The number of fused-ring (bicyclic) bond motifs is 1. The van der Waals surface area contributed by atoms with Crippen molar-refractivity contribution in [2.45, 2.75) is 12.5 Å². The van der Waals surface area contributed by atoms with Gasteiger partial charge in [0.15, 0.2) is 0 Å². The molecule has 1 atom stereocenters. The van der Waals surface area contributed by atoms with Gasteiger partial charge in [0.05, 0.1) is 12.5 Å². The van der Waals surface area contributed by atoms with E-state index in [0.29, 0.717) is 31.7 Å². The maximum absolute atomic E-state index is 12.7. The second kappa shape index (κ2) is 7.67. The van der Waals surface area contributed by atoms with E-state index in [-0.39, 0.29) is 30.5 Å². The van der Waals surface area contributed by atoms with Crippen molar-refractivity contribution in [3.8, 4) is 5.75 Å². The Morgan fingerprint density at radius 1 is 1.15 bits per heavy atom. The van der Waals surface area contributed by atoms with E-state index < -0.39 is 6.04 Å². The second-order valence-electron chi connectivity index (χ2n) is 6.37. The summed E-state index contributed by atoms with van der Waals surface area (Å²) in [6.45, 7) is 1.96. The van der Waals surface area contributed by atoms with Gasteiger partial charge in [-0.05, 0) is 17.7 Å². The van der Waals surface area contributed by atoms with Gasteiger partial charge in [0, 0.05) is 44.3 Å². The largest absolute Gasteiger partial charge is 0.506 e. The zero-order valence-electron chi connectivity index (χ0n) is 14.5. The van der Waals surface area contributed by atoms with Crippen LogP contribution in [-0.2, 0) is 16.0 Å².